The van der Waals surface area contributed by atoms with E-state index in [1.807, 2.05) is 0 Å². The molecular weight excluding hydrogens is 202 g/mol. The highest BCUT2D eigenvalue weighted by Gasteiger charge is 2.43. The third kappa shape index (κ3) is 1.74. The maximum Gasteiger partial charge on any atom is 0.180 e. The van der Waals surface area contributed by atoms with Gasteiger partial charge in [0.2, 0.25) is 0 Å². The van der Waals surface area contributed by atoms with E-state index in [0.29, 0.717) is 5.82 Å². The second-order valence-corrected chi connectivity index (χ2v) is 3.50. The van der Waals surface area contributed by atoms with Crippen LogP contribution in [0.4, 0.5) is 0 Å². The van der Waals surface area contributed by atoms with Gasteiger partial charge in [-0.3, -0.25) is 0 Å². The fourth-order valence-electron chi connectivity index (χ4n) is 1.58. The molecule has 2 rings (SSSR count). The molecule has 1 aliphatic rings. The first-order valence-electron chi connectivity index (χ1n) is 4.63. The Hall–Kier alpha value is -1.02. The van der Waals surface area contributed by atoms with Gasteiger partial charge in [-0.2, -0.15) is 5.10 Å². The van der Waals surface area contributed by atoms with Crippen LogP contribution in [0.5, 0.6) is 0 Å². The number of rotatable bonds is 2. The van der Waals surface area contributed by atoms with Crippen LogP contribution in [-0.4, -0.2) is 55.0 Å². The third-order valence-corrected chi connectivity index (χ3v) is 2.40. The quantitative estimate of drug-likeness (QED) is 0.538. The molecule has 4 atom stereocenters. The van der Waals surface area contributed by atoms with Crippen molar-refractivity contribution in [2.45, 2.75) is 31.5 Å². The van der Waals surface area contributed by atoms with Gasteiger partial charge in [0.1, 0.15) is 30.5 Å². The van der Waals surface area contributed by atoms with Crippen LogP contribution < -0.4 is 0 Å². The molecule has 0 amide bonds. The minimum atomic E-state index is -1.11. The average molecular weight is 215 g/mol. The summed E-state index contributed by atoms with van der Waals surface area (Å²) in [4.78, 5) is 3.89. The fraction of sp³-hybridized carbons (Fsp3) is 0.750. The van der Waals surface area contributed by atoms with Crippen molar-refractivity contribution in [3.05, 3.63) is 12.2 Å². The second kappa shape index (κ2) is 3.86. The van der Waals surface area contributed by atoms with Gasteiger partial charge >= 0.3 is 0 Å². The van der Waals surface area contributed by atoms with Crippen molar-refractivity contribution in [2.75, 3.05) is 6.61 Å². The first-order chi connectivity index (χ1) is 7.13. The normalized spacial score (nSPS) is 36.0. The molecule has 1 aliphatic heterocycles. The van der Waals surface area contributed by atoms with E-state index in [1.54, 1.807) is 6.92 Å². The lowest BCUT2D eigenvalue weighted by molar-refractivity contribution is -0.0588. The number of aryl methyl sites for hydroxylation is 1. The summed E-state index contributed by atoms with van der Waals surface area (Å²) in [6.45, 7) is 1.36. The highest BCUT2D eigenvalue weighted by Crippen LogP contribution is 2.28. The van der Waals surface area contributed by atoms with Gasteiger partial charge in [0.05, 0.1) is 6.61 Å². The molecule has 0 saturated carbocycles. The molecule has 3 N–H and O–H groups in total. The van der Waals surface area contributed by atoms with Crippen LogP contribution in [0.3, 0.4) is 0 Å². The highest BCUT2D eigenvalue weighted by molar-refractivity contribution is 4.89. The van der Waals surface area contributed by atoms with Gasteiger partial charge in [0.15, 0.2) is 6.23 Å². The predicted molar refractivity (Wildman–Crippen MR) is 47.8 cm³/mol. The van der Waals surface area contributed by atoms with Gasteiger partial charge in [-0.1, -0.05) is 0 Å². The van der Waals surface area contributed by atoms with Crippen LogP contribution in [0.25, 0.3) is 0 Å². The van der Waals surface area contributed by atoms with Crippen molar-refractivity contribution in [1.29, 1.82) is 0 Å². The van der Waals surface area contributed by atoms with Crippen molar-refractivity contribution in [2.24, 2.45) is 0 Å². The summed E-state index contributed by atoms with van der Waals surface area (Å²) in [5, 5.41) is 32.0. The van der Waals surface area contributed by atoms with Crippen LogP contribution in [-0.2, 0) is 4.74 Å². The Balaban J connectivity index is 2.18. The van der Waals surface area contributed by atoms with Crippen molar-refractivity contribution in [1.82, 2.24) is 14.8 Å². The maximum atomic E-state index is 9.65. The zero-order chi connectivity index (χ0) is 11.0. The van der Waals surface area contributed by atoms with E-state index in [-0.39, 0.29) is 6.61 Å². The Morgan fingerprint density at radius 1 is 1.47 bits per heavy atom. The molecule has 1 saturated heterocycles. The average Bonchev–Trinajstić information content (AvgIpc) is 2.74. The summed E-state index contributed by atoms with van der Waals surface area (Å²) in [5.74, 6) is 0.549. The Bertz CT molecular complexity index is 342. The lowest BCUT2D eigenvalue weighted by Gasteiger charge is -2.13. The zero-order valence-electron chi connectivity index (χ0n) is 8.19. The van der Waals surface area contributed by atoms with Crippen molar-refractivity contribution < 1.29 is 20.1 Å². The molecule has 0 aromatic carbocycles. The van der Waals surface area contributed by atoms with E-state index in [4.69, 9.17) is 9.84 Å². The molecule has 1 aromatic rings. The van der Waals surface area contributed by atoms with Gasteiger partial charge in [-0.25, -0.2) is 9.67 Å². The summed E-state index contributed by atoms with van der Waals surface area (Å²) in [6.07, 6.45) is -2.38. The number of aromatic nitrogens is 3. The highest BCUT2D eigenvalue weighted by atomic mass is 16.6. The molecule has 7 nitrogen and oxygen atoms in total. The minimum absolute atomic E-state index is 0.345. The molecule has 0 aliphatic carbocycles. The Morgan fingerprint density at radius 3 is 2.67 bits per heavy atom. The molecule has 0 bridgehead atoms. The number of nitrogens with zero attached hydrogens (tertiary/aromatic N) is 3. The SMILES string of the molecule is Cc1ncn(C2O[C@@H](CO)[C@H](O)[C@@H]2O)n1. The van der Waals surface area contributed by atoms with Crippen molar-refractivity contribution >= 4 is 0 Å². The maximum absolute atomic E-state index is 9.65. The molecule has 7 heteroatoms. The number of ether oxygens (including phenoxy) is 1. The number of hydrogen-bond donors (Lipinski definition) is 3. The molecule has 1 unspecified atom stereocenters. The van der Waals surface area contributed by atoms with Gasteiger partial charge < -0.3 is 20.1 Å². The van der Waals surface area contributed by atoms with Gasteiger partial charge in [0, 0.05) is 0 Å². The smallest absolute Gasteiger partial charge is 0.180 e. The predicted octanol–water partition coefficient (Wildman–Crippen LogP) is -1.80. The summed E-state index contributed by atoms with van der Waals surface area (Å²) in [5.41, 5.74) is 0. The van der Waals surface area contributed by atoms with E-state index in [9.17, 15) is 10.2 Å². The van der Waals surface area contributed by atoms with E-state index in [2.05, 4.69) is 10.1 Å². The number of aliphatic hydroxyl groups excluding tert-OH is 3. The number of aliphatic hydroxyl groups is 3. The molecule has 2 heterocycles. The zero-order valence-corrected chi connectivity index (χ0v) is 8.19. The van der Waals surface area contributed by atoms with Crippen LogP contribution in [0.1, 0.15) is 12.1 Å². The first kappa shape index (κ1) is 10.5. The lowest BCUT2D eigenvalue weighted by Crippen LogP contribution is -2.33. The van der Waals surface area contributed by atoms with Crippen LogP contribution >= 0.6 is 0 Å². The Labute approximate surface area is 85.9 Å². The molecule has 0 radical (unpaired) electrons. The molecule has 1 aromatic heterocycles. The molecular formula is C8H13N3O4. The molecule has 1 fully saturated rings. The van der Waals surface area contributed by atoms with Gasteiger partial charge in [0.25, 0.3) is 0 Å². The summed E-state index contributed by atoms with van der Waals surface area (Å²) in [6, 6.07) is 0. The first-order valence-corrected chi connectivity index (χ1v) is 4.63. The van der Waals surface area contributed by atoms with E-state index >= 15 is 0 Å². The van der Waals surface area contributed by atoms with E-state index < -0.39 is 24.5 Å². The summed E-state index contributed by atoms with van der Waals surface area (Å²) in [7, 11) is 0. The summed E-state index contributed by atoms with van der Waals surface area (Å²) >= 11 is 0. The standard InChI is InChI=1S/C8H13N3O4/c1-4-9-3-11(10-4)8-7(14)6(13)5(2-12)15-8/h3,5-8,12-14H,2H2,1H3/t5-,6-,7-,8?/m0/s1. The topological polar surface area (TPSA) is 101 Å². The second-order valence-electron chi connectivity index (χ2n) is 3.50. The van der Waals surface area contributed by atoms with Crippen molar-refractivity contribution in [3.8, 4) is 0 Å². The lowest BCUT2D eigenvalue weighted by atomic mass is 10.1. The van der Waals surface area contributed by atoms with Gasteiger partial charge in [-0.05, 0) is 6.92 Å². The monoisotopic (exact) mass is 215 g/mol. The molecule has 84 valence electrons. The van der Waals surface area contributed by atoms with E-state index in [1.165, 1.54) is 11.0 Å². The molecule has 15 heavy (non-hydrogen) atoms. The van der Waals surface area contributed by atoms with Crippen LogP contribution in [0.15, 0.2) is 6.33 Å². The number of hydrogen-bond acceptors (Lipinski definition) is 6. The van der Waals surface area contributed by atoms with Crippen molar-refractivity contribution in [3.63, 3.8) is 0 Å². The van der Waals surface area contributed by atoms with Crippen LogP contribution in [0.2, 0.25) is 0 Å². The van der Waals surface area contributed by atoms with Crippen LogP contribution in [0, 0.1) is 6.92 Å². The third-order valence-electron chi connectivity index (χ3n) is 2.40. The Kier molecular flexibility index (Phi) is 2.70. The Morgan fingerprint density at radius 2 is 2.20 bits per heavy atom. The fourth-order valence-corrected chi connectivity index (χ4v) is 1.58. The molecule has 0 spiro atoms. The van der Waals surface area contributed by atoms with E-state index in [0.717, 1.165) is 0 Å². The largest absolute Gasteiger partial charge is 0.394 e. The van der Waals surface area contributed by atoms with Gasteiger partial charge in [-0.15, -0.1) is 0 Å². The summed E-state index contributed by atoms with van der Waals surface area (Å²) < 4.78 is 6.58. The minimum Gasteiger partial charge on any atom is -0.394 e.